The molecule has 0 saturated carbocycles. The van der Waals surface area contributed by atoms with Crippen molar-refractivity contribution >= 4 is 5.91 Å². The lowest BCUT2D eigenvalue weighted by Gasteiger charge is -2.32. The Hall–Kier alpha value is -2.37. The van der Waals surface area contributed by atoms with Gasteiger partial charge in [-0.2, -0.15) is 0 Å². The number of para-hydroxylation sites is 1. The number of likely N-dealkylation sites (tertiary alicyclic amines) is 1. The SMILES string of the molecule is CCn1cnnc1CC1CCCN(C(=O)COc2ccccc2)C1. The zero-order valence-electron chi connectivity index (χ0n) is 14.1. The van der Waals surface area contributed by atoms with Gasteiger partial charge in [-0.3, -0.25) is 4.79 Å². The lowest BCUT2D eigenvalue weighted by atomic mass is 9.94. The van der Waals surface area contributed by atoms with Gasteiger partial charge in [-0.15, -0.1) is 10.2 Å². The highest BCUT2D eigenvalue weighted by Crippen LogP contribution is 2.20. The molecule has 1 amide bonds. The summed E-state index contributed by atoms with van der Waals surface area (Å²) in [4.78, 5) is 14.3. The number of hydrogen-bond donors (Lipinski definition) is 0. The van der Waals surface area contributed by atoms with Crippen LogP contribution in [0.25, 0.3) is 0 Å². The minimum absolute atomic E-state index is 0.0560. The third-order valence-electron chi connectivity index (χ3n) is 4.48. The Labute approximate surface area is 142 Å². The summed E-state index contributed by atoms with van der Waals surface area (Å²) in [5, 5.41) is 8.20. The zero-order chi connectivity index (χ0) is 16.8. The Bertz CT molecular complexity index is 656. The van der Waals surface area contributed by atoms with Crippen LogP contribution in [0.4, 0.5) is 0 Å². The molecule has 0 aliphatic carbocycles. The van der Waals surface area contributed by atoms with E-state index in [-0.39, 0.29) is 12.5 Å². The third-order valence-corrected chi connectivity index (χ3v) is 4.48. The van der Waals surface area contributed by atoms with Crippen LogP contribution in [-0.2, 0) is 17.8 Å². The number of carbonyl (C=O) groups is 1. The van der Waals surface area contributed by atoms with Gasteiger partial charge in [0.25, 0.3) is 5.91 Å². The summed E-state index contributed by atoms with van der Waals surface area (Å²) in [6.45, 7) is 4.65. The van der Waals surface area contributed by atoms with Gasteiger partial charge in [-0.1, -0.05) is 18.2 Å². The number of amides is 1. The number of piperidine rings is 1. The molecule has 3 rings (SSSR count). The molecule has 0 spiro atoms. The summed E-state index contributed by atoms with van der Waals surface area (Å²) < 4.78 is 7.65. The molecule has 1 aliphatic rings. The third kappa shape index (κ3) is 4.13. The predicted octanol–water partition coefficient (Wildman–Crippen LogP) is 2.16. The molecule has 6 nitrogen and oxygen atoms in total. The van der Waals surface area contributed by atoms with Crippen molar-refractivity contribution < 1.29 is 9.53 Å². The van der Waals surface area contributed by atoms with Crippen molar-refractivity contribution in [1.82, 2.24) is 19.7 Å². The van der Waals surface area contributed by atoms with Crippen LogP contribution in [0, 0.1) is 5.92 Å². The molecule has 1 aliphatic heterocycles. The van der Waals surface area contributed by atoms with Crippen molar-refractivity contribution in [3.63, 3.8) is 0 Å². The highest BCUT2D eigenvalue weighted by molar-refractivity contribution is 5.77. The van der Waals surface area contributed by atoms with E-state index in [9.17, 15) is 4.79 Å². The molecule has 1 fully saturated rings. The quantitative estimate of drug-likeness (QED) is 0.815. The highest BCUT2D eigenvalue weighted by atomic mass is 16.5. The molecular weight excluding hydrogens is 304 g/mol. The number of ether oxygens (including phenoxy) is 1. The van der Waals surface area contributed by atoms with E-state index in [1.54, 1.807) is 6.33 Å². The zero-order valence-corrected chi connectivity index (χ0v) is 14.1. The largest absolute Gasteiger partial charge is 0.484 e. The number of hydrogen-bond acceptors (Lipinski definition) is 4. The molecule has 0 N–H and O–H groups in total. The summed E-state index contributed by atoms with van der Waals surface area (Å²) in [6, 6.07) is 9.47. The van der Waals surface area contributed by atoms with E-state index in [0.29, 0.717) is 5.92 Å². The fourth-order valence-corrected chi connectivity index (χ4v) is 3.17. The number of benzene rings is 1. The number of aryl methyl sites for hydroxylation is 1. The van der Waals surface area contributed by atoms with Crippen molar-refractivity contribution in [3.05, 3.63) is 42.5 Å². The van der Waals surface area contributed by atoms with Crippen LogP contribution in [0.2, 0.25) is 0 Å². The molecule has 2 heterocycles. The second kappa shape index (κ2) is 7.95. The van der Waals surface area contributed by atoms with E-state index in [4.69, 9.17) is 4.74 Å². The molecule has 128 valence electrons. The van der Waals surface area contributed by atoms with Crippen molar-refractivity contribution in [3.8, 4) is 5.75 Å². The monoisotopic (exact) mass is 328 g/mol. The molecule has 0 bridgehead atoms. The molecule has 6 heteroatoms. The predicted molar refractivity (Wildman–Crippen MR) is 90.6 cm³/mol. The van der Waals surface area contributed by atoms with Gasteiger partial charge in [-0.25, -0.2) is 0 Å². The van der Waals surface area contributed by atoms with Crippen molar-refractivity contribution in [2.24, 2.45) is 5.92 Å². The summed E-state index contributed by atoms with van der Waals surface area (Å²) in [6.07, 6.45) is 4.80. The van der Waals surface area contributed by atoms with Gasteiger partial charge in [0, 0.05) is 26.1 Å². The Balaban J connectivity index is 1.52. The van der Waals surface area contributed by atoms with Crippen LogP contribution in [0.1, 0.15) is 25.6 Å². The van der Waals surface area contributed by atoms with Crippen molar-refractivity contribution in [2.45, 2.75) is 32.7 Å². The maximum atomic E-state index is 12.4. The number of aromatic nitrogens is 3. The van der Waals surface area contributed by atoms with Gasteiger partial charge >= 0.3 is 0 Å². The maximum absolute atomic E-state index is 12.4. The van der Waals surface area contributed by atoms with Crippen LogP contribution in [-0.4, -0.2) is 45.3 Å². The standard InChI is InChI=1S/C18H24N4O2/c1-2-21-14-19-20-17(21)11-15-7-6-10-22(12-15)18(23)13-24-16-8-4-3-5-9-16/h3-5,8-9,14-15H,2,6-7,10-13H2,1H3. The van der Waals surface area contributed by atoms with Crippen LogP contribution in [0.3, 0.4) is 0 Å². The van der Waals surface area contributed by atoms with Gasteiger partial charge in [-0.05, 0) is 37.8 Å². The van der Waals surface area contributed by atoms with E-state index in [1.807, 2.05) is 35.2 Å². The van der Waals surface area contributed by atoms with E-state index in [2.05, 4.69) is 21.7 Å². The van der Waals surface area contributed by atoms with E-state index in [0.717, 1.165) is 50.5 Å². The van der Waals surface area contributed by atoms with Gasteiger partial charge in [0.2, 0.25) is 0 Å². The smallest absolute Gasteiger partial charge is 0.260 e. The molecule has 1 unspecified atom stereocenters. The second-order valence-corrected chi connectivity index (χ2v) is 6.19. The fraction of sp³-hybridized carbons (Fsp3) is 0.500. The van der Waals surface area contributed by atoms with E-state index >= 15 is 0 Å². The van der Waals surface area contributed by atoms with E-state index in [1.165, 1.54) is 0 Å². The van der Waals surface area contributed by atoms with E-state index < -0.39 is 0 Å². The summed E-state index contributed by atoms with van der Waals surface area (Å²) in [7, 11) is 0. The molecule has 0 radical (unpaired) electrons. The maximum Gasteiger partial charge on any atom is 0.260 e. The second-order valence-electron chi connectivity index (χ2n) is 6.19. The van der Waals surface area contributed by atoms with Crippen LogP contribution in [0.5, 0.6) is 5.75 Å². The summed E-state index contributed by atoms with van der Waals surface area (Å²) in [5.74, 6) is 2.24. The summed E-state index contributed by atoms with van der Waals surface area (Å²) in [5.41, 5.74) is 0. The summed E-state index contributed by atoms with van der Waals surface area (Å²) >= 11 is 0. The molecular formula is C18H24N4O2. The normalized spacial score (nSPS) is 17.7. The average molecular weight is 328 g/mol. The van der Waals surface area contributed by atoms with Crippen LogP contribution >= 0.6 is 0 Å². The molecule has 24 heavy (non-hydrogen) atoms. The number of nitrogens with zero attached hydrogens (tertiary/aromatic N) is 4. The molecule has 1 atom stereocenters. The molecule has 1 saturated heterocycles. The van der Waals surface area contributed by atoms with Crippen LogP contribution in [0.15, 0.2) is 36.7 Å². The fourth-order valence-electron chi connectivity index (χ4n) is 3.17. The van der Waals surface area contributed by atoms with Crippen molar-refractivity contribution in [2.75, 3.05) is 19.7 Å². The minimum Gasteiger partial charge on any atom is -0.484 e. The lowest BCUT2D eigenvalue weighted by molar-refractivity contribution is -0.135. The number of rotatable bonds is 6. The Kier molecular flexibility index (Phi) is 5.46. The Morgan fingerprint density at radius 1 is 1.33 bits per heavy atom. The Morgan fingerprint density at radius 3 is 2.96 bits per heavy atom. The average Bonchev–Trinajstić information content (AvgIpc) is 3.08. The van der Waals surface area contributed by atoms with Crippen LogP contribution < -0.4 is 4.74 Å². The highest BCUT2D eigenvalue weighted by Gasteiger charge is 2.25. The lowest BCUT2D eigenvalue weighted by Crippen LogP contribution is -2.42. The number of carbonyl (C=O) groups excluding carboxylic acids is 1. The van der Waals surface area contributed by atoms with Crippen molar-refractivity contribution in [1.29, 1.82) is 0 Å². The topological polar surface area (TPSA) is 60.2 Å². The van der Waals surface area contributed by atoms with Gasteiger partial charge in [0.15, 0.2) is 6.61 Å². The first-order valence-electron chi connectivity index (χ1n) is 8.58. The first kappa shape index (κ1) is 16.5. The first-order valence-corrected chi connectivity index (χ1v) is 8.58. The minimum atomic E-state index is 0.0560. The van der Waals surface area contributed by atoms with Gasteiger partial charge in [0.1, 0.15) is 17.9 Å². The first-order chi connectivity index (χ1) is 11.8. The van der Waals surface area contributed by atoms with Gasteiger partial charge in [0.05, 0.1) is 0 Å². The Morgan fingerprint density at radius 2 is 2.17 bits per heavy atom. The molecule has 2 aromatic rings. The van der Waals surface area contributed by atoms with Gasteiger partial charge < -0.3 is 14.2 Å². The molecule has 1 aromatic carbocycles. The molecule has 1 aromatic heterocycles.